The number of halogens is 3. The molecule has 1 N–H and O–H groups in total. The van der Waals surface area contributed by atoms with Crippen molar-refractivity contribution in [1.29, 1.82) is 0 Å². The molecular weight excluding hydrogens is 521 g/mol. The van der Waals surface area contributed by atoms with Crippen LogP contribution in [0.5, 0.6) is 11.5 Å². The number of ether oxygens (including phenoxy) is 2. The zero-order valence-corrected chi connectivity index (χ0v) is 19.2. The van der Waals surface area contributed by atoms with E-state index in [4.69, 9.17) is 21.1 Å². The molecule has 0 aliphatic carbocycles. The molecule has 0 fully saturated rings. The van der Waals surface area contributed by atoms with E-state index in [1.807, 2.05) is 0 Å². The molecule has 0 unspecified atom stereocenters. The van der Waals surface area contributed by atoms with E-state index in [0.717, 1.165) is 0 Å². The number of non-ortho nitro benzene ring substituents is 1. The van der Waals surface area contributed by atoms with Crippen LogP contribution in [0, 0.1) is 15.9 Å². The summed E-state index contributed by atoms with van der Waals surface area (Å²) in [7, 11) is 0. The maximum absolute atomic E-state index is 13.4. The molecule has 0 aliphatic rings. The fraction of sp³-hybridized carbons (Fsp3) is 0.0909. The molecule has 0 saturated heterocycles. The lowest BCUT2D eigenvalue weighted by molar-refractivity contribution is -0.384. The molecular formula is C22H16BrClFN3O5. The Hall–Kier alpha value is -3.50. The number of carbonyl (C=O) groups excluding carboxylic acids is 1. The minimum absolute atomic E-state index is 0.0343. The van der Waals surface area contributed by atoms with Crippen LogP contribution in [0.4, 0.5) is 10.1 Å². The Labute approximate surface area is 201 Å². The van der Waals surface area contributed by atoms with Crippen molar-refractivity contribution in [2.24, 2.45) is 5.10 Å². The predicted molar refractivity (Wildman–Crippen MR) is 124 cm³/mol. The number of nitro groups is 1. The fourth-order valence-corrected chi connectivity index (χ4v) is 3.41. The highest BCUT2D eigenvalue weighted by atomic mass is 79.9. The Morgan fingerprint density at radius 1 is 1.15 bits per heavy atom. The smallest absolute Gasteiger partial charge is 0.277 e. The van der Waals surface area contributed by atoms with Crippen molar-refractivity contribution in [3.8, 4) is 11.5 Å². The molecule has 0 saturated carbocycles. The van der Waals surface area contributed by atoms with Gasteiger partial charge in [0, 0.05) is 22.7 Å². The fourth-order valence-electron chi connectivity index (χ4n) is 2.61. The van der Waals surface area contributed by atoms with Crippen molar-refractivity contribution in [2.75, 3.05) is 6.61 Å². The molecule has 8 nitrogen and oxygen atoms in total. The predicted octanol–water partition coefficient (Wildman–Crippen LogP) is 5.26. The van der Waals surface area contributed by atoms with Crippen LogP contribution in [0.3, 0.4) is 0 Å². The number of hydrogen-bond donors (Lipinski definition) is 1. The van der Waals surface area contributed by atoms with Crippen LogP contribution in [0.15, 0.2) is 70.2 Å². The van der Waals surface area contributed by atoms with Gasteiger partial charge in [-0.25, -0.2) is 9.82 Å². The van der Waals surface area contributed by atoms with E-state index in [0.29, 0.717) is 20.8 Å². The van der Waals surface area contributed by atoms with Gasteiger partial charge in [-0.15, -0.1) is 0 Å². The average Bonchev–Trinajstić information content (AvgIpc) is 2.77. The number of hydrazone groups is 1. The van der Waals surface area contributed by atoms with E-state index in [-0.39, 0.29) is 30.2 Å². The van der Waals surface area contributed by atoms with Gasteiger partial charge in [-0.05, 0) is 57.9 Å². The Morgan fingerprint density at radius 3 is 2.67 bits per heavy atom. The standard InChI is InChI=1S/C22H16BrClFN3O5/c23-19-10-16(24)4-6-21(19)33-13-22(29)27-26-11-15-9-18(28(30)31)5-7-20(15)32-12-14-2-1-3-17(25)8-14/h1-11H,12-13H2,(H,27,29). The van der Waals surface area contributed by atoms with E-state index in [1.54, 1.807) is 30.3 Å². The van der Waals surface area contributed by atoms with Crippen LogP contribution in [-0.2, 0) is 11.4 Å². The van der Waals surface area contributed by atoms with E-state index in [9.17, 15) is 19.3 Å². The Balaban J connectivity index is 1.65. The van der Waals surface area contributed by atoms with Crippen molar-refractivity contribution in [2.45, 2.75) is 6.61 Å². The van der Waals surface area contributed by atoms with Gasteiger partial charge in [0.15, 0.2) is 6.61 Å². The third-order valence-electron chi connectivity index (χ3n) is 4.13. The monoisotopic (exact) mass is 535 g/mol. The van der Waals surface area contributed by atoms with Crippen LogP contribution in [-0.4, -0.2) is 23.7 Å². The molecule has 3 aromatic rings. The topological polar surface area (TPSA) is 103 Å². The lowest BCUT2D eigenvalue weighted by Crippen LogP contribution is -2.24. The lowest BCUT2D eigenvalue weighted by atomic mass is 10.2. The Kier molecular flexibility index (Phi) is 8.34. The molecule has 0 aliphatic heterocycles. The summed E-state index contributed by atoms with van der Waals surface area (Å²) in [5.41, 5.74) is 2.93. The van der Waals surface area contributed by atoms with Crippen LogP contribution in [0.1, 0.15) is 11.1 Å². The molecule has 3 aromatic carbocycles. The van der Waals surface area contributed by atoms with Crippen LogP contribution in [0.2, 0.25) is 5.02 Å². The van der Waals surface area contributed by atoms with E-state index in [2.05, 4.69) is 26.5 Å². The highest BCUT2D eigenvalue weighted by molar-refractivity contribution is 9.10. The second-order valence-corrected chi connectivity index (χ2v) is 7.85. The molecule has 0 atom stereocenters. The van der Waals surface area contributed by atoms with Gasteiger partial charge >= 0.3 is 0 Å². The average molecular weight is 537 g/mol. The third kappa shape index (κ3) is 7.26. The maximum Gasteiger partial charge on any atom is 0.277 e. The summed E-state index contributed by atoms with van der Waals surface area (Å²) in [6.07, 6.45) is 1.21. The Bertz CT molecular complexity index is 1210. The molecule has 3 rings (SSSR count). The summed E-state index contributed by atoms with van der Waals surface area (Å²) in [6, 6.07) is 14.6. The number of amides is 1. The van der Waals surface area contributed by atoms with Crippen molar-refractivity contribution in [1.82, 2.24) is 5.43 Å². The second kappa shape index (κ2) is 11.4. The molecule has 33 heavy (non-hydrogen) atoms. The first-order valence-electron chi connectivity index (χ1n) is 9.37. The molecule has 0 radical (unpaired) electrons. The van der Waals surface area contributed by atoms with Crippen molar-refractivity contribution in [3.05, 3.63) is 97.2 Å². The third-order valence-corrected chi connectivity index (χ3v) is 4.99. The summed E-state index contributed by atoms with van der Waals surface area (Å²) < 4.78 is 25.0. The first kappa shape index (κ1) is 24.1. The minimum Gasteiger partial charge on any atom is -0.488 e. The van der Waals surface area contributed by atoms with E-state index >= 15 is 0 Å². The quantitative estimate of drug-likeness (QED) is 0.228. The number of rotatable bonds is 9. The molecule has 0 spiro atoms. The van der Waals surface area contributed by atoms with Crippen molar-refractivity contribution in [3.63, 3.8) is 0 Å². The minimum atomic E-state index is -0.565. The zero-order chi connectivity index (χ0) is 23.8. The second-order valence-electron chi connectivity index (χ2n) is 6.55. The highest BCUT2D eigenvalue weighted by Gasteiger charge is 2.12. The van der Waals surface area contributed by atoms with Gasteiger partial charge in [-0.3, -0.25) is 14.9 Å². The molecule has 0 aromatic heterocycles. The van der Waals surface area contributed by atoms with E-state index < -0.39 is 16.6 Å². The number of nitrogens with zero attached hydrogens (tertiary/aromatic N) is 2. The van der Waals surface area contributed by atoms with Gasteiger partial charge in [0.25, 0.3) is 11.6 Å². The van der Waals surface area contributed by atoms with Crippen LogP contribution >= 0.6 is 27.5 Å². The number of nitrogens with one attached hydrogen (secondary N) is 1. The van der Waals surface area contributed by atoms with Gasteiger partial charge < -0.3 is 9.47 Å². The highest BCUT2D eigenvalue weighted by Crippen LogP contribution is 2.28. The van der Waals surface area contributed by atoms with Crippen molar-refractivity contribution < 1.29 is 23.6 Å². The molecule has 1 amide bonds. The van der Waals surface area contributed by atoms with Crippen LogP contribution in [0.25, 0.3) is 0 Å². The summed E-state index contributed by atoms with van der Waals surface area (Å²) in [4.78, 5) is 22.6. The van der Waals surface area contributed by atoms with Gasteiger partial charge in [-0.2, -0.15) is 5.10 Å². The first-order valence-corrected chi connectivity index (χ1v) is 10.5. The van der Waals surface area contributed by atoms with Crippen molar-refractivity contribution >= 4 is 45.3 Å². The van der Waals surface area contributed by atoms with Gasteiger partial charge in [0.05, 0.1) is 15.6 Å². The van der Waals surface area contributed by atoms with Gasteiger partial charge in [0.2, 0.25) is 0 Å². The summed E-state index contributed by atoms with van der Waals surface area (Å²) in [5.74, 6) is -0.271. The Morgan fingerprint density at radius 2 is 1.94 bits per heavy atom. The largest absolute Gasteiger partial charge is 0.488 e. The molecule has 11 heteroatoms. The lowest BCUT2D eigenvalue weighted by Gasteiger charge is -2.09. The zero-order valence-electron chi connectivity index (χ0n) is 16.8. The SMILES string of the molecule is O=C(COc1ccc(Cl)cc1Br)NN=Cc1cc([N+](=O)[O-])ccc1OCc1cccc(F)c1. The molecule has 0 bridgehead atoms. The number of hydrogen-bond acceptors (Lipinski definition) is 6. The van der Waals surface area contributed by atoms with Crippen LogP contribution < -0.4 is 14.9 Å². The first-order chi connectivity index (χ1) is 15.8. The number of benzene rings is 3. The summed E-state index contributed by atoms with van der Waals surface area (Å²) in [5, 5.41) is 15.4. The molecule has 170 valence electrons. The maximum atomic E-state index is 13.4. The van der Waals surface area contributed by atoms with Gasteiger partial charge in [-0.1, -0.05) is 23.7 Å². The number of nitro benzene ring substituents is 1. The van der Waals surface area contributed by atoms with E-state index in [1.165, 1.54) is 36.5 Å². The summed E-state index contributed by atoms with van der Waals surface area (Å²) in [6.45, 7) is -0.290. The van der Waals surface area contributed by atoms with Gasteiger partial charge in [0.1, 0.15) is 23.9 Å². The normalized spacial score (nSPS) is 10.8. The number of carbonyl (C=O) groups is 1. The molecule has 0 heterocycles. The summed E-state index contributed by atoms with van der Waals surface area (Å²) >= 11 is 9.14.